The van der Waals surface area contributed by atoms with E-state index in [0.29, 0.717) is 23.5 Å². The molecule has 0 saturated carbocycles. The first-order valence-electron chi connectivity index (χ1n) is 6.23. The number of hydrogen-bond acceptors (Lipinski definition) is 7. The molecule has 0 aliphatic rings. The maximum absolute atomic E-state index is 10.8. The second-order valence-electron chi connectivity index (χ2n) is 4.51. The lowest BCUT2D eigenvalue weighted by Gasteiger charge is -2.10. The number of hydrogen-bond donors (Lipinski definition) is 3. The van der Waals surface area contributed by atoms with Crippen molar-refractivity contribution in [1.29, 1.82) is 5.41 Å². The summed E-state index contributed by atoms with van der Waals surface area (Å²) in [4.78, 5) is 18.1. The Balaban J connectivity index is 2.22. The Morgan fingerprint density at radius 1 is 1.50 bits per heavy atom. The van der Waals surface area contributed by atoms with Gasteiger partial charge in [-0.25, -0.2) is 4.98 Å². The molecule has 1 heterocycles. The molecule has 0 spiro atoms. The van der Waals surface area contributed by atoms with Gasteiger partial charge in [0.2, 0.25) is 5.95 Å². The molecule has 2 aromatic rings. The second-order valence-corrected chi connectivity index (χ2v) is 4.87. The number of nitrogen functional groups attached to an aromatic ring is 1. The molecule has 0 aliphatic heterocycles. The van der Waals surface area contributed by atoms with Crippen molar-refractivity contribution < 1.29 is 4.92 Å². The number of nitrogens with zero attached hydrogens (tertiary/aromatic N) is 3. The lowest BCUT2D eigenvalue weighted by molar-refractivity contribution is -0.385. The van der Waals surface area contributed by atoms with E-state index in [2.05, 4.69) is 15.3 Å². The Morgan fingerprint density at radius 3 is 2.82 bits per heavy atom. The van der Waals surface area contributed by atoms with Gasteiger partial charge in [-0.2, -0.15) is 4.98 Å². The molecule has 22 heavy (non-hydrogen) atoms. The monoisotopic (exact) mass is 320 g/mol. The minimum Gasteiger partial charge on any atom is -0.368 e. The highest BCUT2D eigenvalue weighted by Gasteiger charge is 2.12. The molecule has 0 unspecified atom stereocenters. The Labute approximate surface area is 131 Å². The van der Waals surface area contributed by atoms with Gasteiger partial charge >= 0.3 is 0 Å². The van der Waals surface area contributed by atoms with Gasteiger partial charge in [0.25, 0.3) is 5.69 Å². The standard InChI is InChI=1S/C13H13ClN6O2/c1-7-4-8(2-3-10(7)20(21)22)6-17-12-9(5-15)11(14)18-13(16)19-12/h2-5,15H,6H2,1H3,(H3,16,17,18,19). The van der Waals surface area contributed by atoms with Crippen molar-refractivity contribution >= 4 is 35.3 Å². The van der Waals surface area contributed by atoms with Crippen molar-refractivity contribution in [3.05, 3.63) is 50.2 Å². The van der Waals surface area contributed by atoms with Gasteiger partial charge in [0.1, 0.15) is 11.0 Å². The third-order valence-electron chi connectivity index (χ3n) is 2.98. The van der Waals surface area contributed by atoms with E-state index in [9.17, 15) is 10.1 Å². The molecule has 0 amide bonds. The van der Waals surface area contributed by atoms with Crippen LogP contribution >= 0.6 is 11.6 Å². The van der Waals surface area contributed by atoms with Gasteiger partial charge in [-0.3, -0.25) is 10.1 Å². The molecule has 2 rings (SSSR count). The summed E-state index contributed by atoms with van der Waals surface area (Å²) in [5.41, 5.74) is 7.32. The van der Waals surface area contributed by atoms with Crippen LogP contribution in [0.1, 0.15) is 16.7 Å². The number of nitro benzene ring substituents is 1. The van der Waals surface area contributed by atoms with Crippen LogP contribution in [0.15, 0.2) is 18.2 Å². The SMILES string of the molecule is Cc1cc(CNc2nc(N)nc(Cl)c2C=N)ccc1[N+](=O)[O-]. The van der Waals surface area contributed by atoms with Crippen LogP contribution in [0.3, 0.4) is 0 Å². The van der Waals surface area contributed by atoms with Gasteiger partial charge in [-0.05, 0) is 18.6 Å². The Hall–Kier alpha value is -2.74. The largest absolute Gasteiger partial charge is 0.368 e. The summed E-state index contributed by atoms with van der Waals surface area (Å²) in [6.45, 7) is 2.02. The van der Waals surface area contributed by atoms with Crippen LogP contribution in [0.4, 0.5) is 17.5 Å². The molecular formula is C13H13ClN6O2. The summed E-state index contributed by atoms with van der Waals surface area (Å²) in [6.07, 6.45) is 1.03. The number of anilines is 2. The lowest BCUT2D eigenvalue weighted by atomic mass is 10.1. The maximum Gasteiger partial charge on any atom is 0.272 e. The van der Waals surface area contributed by atoms with Crippen LogP contribution in [0.5, 0.6) is 0 Å². The summed E-state index contributed by atoms with van der Waals surface area (Å²) in [5, 5.41) is 21.2. The molecular weight excluding hydrogens is 308 g/mol. The predicted octanol–water partition coefficient (Wildman–Crippen LogP) is 2.54. The van der Waals surface area contributed by atoms with E-state index >= 15 is 0 Å². The van der Waals surface area contributed by atoms with Crippen molar-refractivity contribution in [3.8, 4) is 0 Å². The molecule has 1 aromatic heterocycles. The fraction of sp³-hybridized carbons (Fsp3) is 0.154. The molecule has 4 N–H and O–H groups in total. The molecule has 0 bridgehead atoms. The van der Waals surface area contributed by atoms with E-state index in [-0.39, 0.29) is 16.8 Å². The number of benzene rings is 1. The van der Waals surface area contributed by atoms with Crippen LogP contribution in [0, 0.1) is 22.4 Å². The van der Waals surface area contributed by atoms with E-state index in [1.807, 2.05) is 0 Å². The molecule has 0 saturated heterocycles. The molecule has 0 aliphatic carbocycles. The van der Waals surface area contributed by atoms with Gasteiger partial charge in [-0.1, -0.05) is 17.7 Å². The topological polar surface area (TPSA) is 131 Å². The number of aromatic nitrogens is 2. The van der Waals surface area contributed by atoms with Crippen molar-refractivity contribution in [2.24, 2.45) is 0 Å². The summed E-state index contributed by atoms with van der Waals surface area (Å²) in [7, 11) is 0. The van der Waals surface area contributed by atoms with E-state index in [1.54, 1.807) is 19.1 Å². The lowest BCUT2D eigenvalue weighted by Crippen LogP contribution is -2.08. The van der Waals surface area contributed by atoms with Gasteiger partial charge in [0.15, 0.2) is 0 Å². The molecule has 114 valence electrons. The molecule has 1 aromatic carbocycles. The van der Waals surface area contributed by atoms with Crippen LogP contribution in [-0.2, 0) is 6.54 Å². The van der Waals surface area contributed by atoms with Gasteiger partial charge in [-0.15, -0.1) is 0 Å². The summed E-state index contributed by atoms with van der Waals surface area (Å²) in [6, 6.07) is 4.81. The minimum absolute atomic E-state index is 0.00187. The maximum atomic E-state index is 10.8. The van der Waals surface area contributed by atoms with Crippen LogP contribution in [0.25, 0.3) is 0 Å². The Morgan fingerprint density at radius 2 is 2.23 bits per heavy atom. The first-order valence-corrected chi connectivity index (χ1v) is 6.61. The number of nitro groups is 1. The van der Waals surface area contributed by atoms with Crippen LogP contribution in [-0.4, -0.2) is 21.1 Å². The first kappa shape index (κ1) is 15.6. The molecule has 9 heteroatoms. The van der Waals surface area contributed by atoms with E-state index in [0.717, 1.165) is 11.8 Å². The van der Waals surface area contributed by atoms with Gasteiger partial charge in [0.05, 0.1) is 10.5 Å². The Kier molecular flexibility index (Phi) is 4.52. The Bertz CT molecular complexity index is 750. The third-order valence-corrected chi connectivity index (χ3v) is 3.27. The fourth-order valence-electron chi connectivity index (χ4n) is 1.94. The van der Waals surface area contributed by atoms with Crippen molar-refractivity contribution in [3.63, 3.8) is 0 Å². The van der Waals surface area contributed by atoms with E-state index in [4.69, 9.17) is 22.7 Å². The highest BCUT2D eigenvalue weighted by atomic mass is 35.5. The molecule has 0 fully saturated rings. The molecule has 0 radical (unpaired) electrons. The van der Waals surface area contributed by atoms with E-state index in [1.165, 1.54) is 6.07 Å². The first-order chi connectivity index (χ1) is 10.4. The van der Waals surface area contributed by atoms with E-state index < -0.39 is 4.92 Å². The predicted molar refractivity (Wildman–Crippen MR) is 84.5 cm³/mol. The normalized spacial score (nSPS) is 10.3. The molecule has 8 nitrogen and oxygen atoms in total. The smallest absolute Gasteiger partial charge is 0.272 e. The number of nitrogens with one attached hydrogen (secondary N) is 2. The zero-order valence-corrected chi connectivity index (χ0v) is 12.4. The zero-order chi connectivity index (χ0) is 16.3. The highest BCUT2D eigenvalue weighted by molar-refractivity contribution is 6.32. The third kappa shape index (κ3) is 3.29. The number of aryl methyl sites for hydroxylation is 1. The summed E-state index contributed by atoms with van der Waals surface area (Å²) in [5.74, 6) is 0.335. The van der Waals surface area contributed by atoms with Gasteiger partial charge in [0, 0.05) is 24.4 Å². The summed E-state index contributed by atoms with van der Waals surface area (Å²) >= 11 is 5.90. The van der Waals surface area contributed by atoms with Crippen LogP contribution < -0.4 is 11.1 Å². The van der Waals surface area contributed by atoms with Crippen molar-refractivity contribution in [1.82, 2.24) is 9.97 Å². The minimum atomic E-state index is -0.426. The second kappa shape index (κ2) is 6.35. The van der Waals surface area contributed by atoms with Crippen molar-refractivity contribution in [2.45, 2.75) is 13.5 Å². The van der Waals surface area contributed by atoms with Crippen molar-refractivity contribution in [2.75, 3.05) is 11.1 Å². The molecule has 0 atom stereocenters. The number of rotatable bonds is 5. The average molecular weight is 321 g/mol. The zero-order valence-electron chi connectivity index (χ0n) is 11.6. The highest BCUT2D eigenvalue weighted by Crippen LogP contribution is 2.22. The number of nitrogens with two attached hydrogens (primary N) is 1. The fourth-order valence-corrected chi connectivity index (χ4v) is 2.17. The number of halogens is 1. The van der Waals surface area contributed by atoms with Crippen LogP contribution in [0.2, 0.25) is 5.15 Å². The summed E-state index contributed by atoms with van der Waals surface area (Å²) < 4.78 is 0. The average Bonchev–Trinajstić information content (AvgIpc) is 2.44. The van der Waals surface area contributed by atoms with Gasteiger partial charge < -0.3 is 16.5 Å². The quantitative estimate of drug-likeness (QED) is 0.336.